The normalized spacial score (nSPS) is 12.0. The van der Waals surface area contributed by atoms with Crippen molar-refractivity contribution >= 4 is 17.5 Å². The van der Waals surface area contributed by atoms with Gasteiger partial charge in [-0.3, -0.25) is 4.79 Å². The van der Waals surface area contributed by atoms with Crippen LogP contribution < -0.4 is 0 Å². The molecule has 140 valence electrons. The predicted molar refractivity (Wildman–Crippen MR) is 103 cm³/mol. The number of nitrogens with zero attached hydrogens (tertiary/aromatic N) is 2. The molecule has 1 aromatic heterocycles. The molecule has 2 aromatic carbocycles. The maximum Gasteiger partial charge on any atom is 0.223 e. The third-order valence-corrected chi connectivity index (χ3v) is 4.79. The summed E-state index contributed by atoms with van der Waals surface area (Å²) in [5.41, 5.74) is 1.32. The lowest BCUT2D eigenvalue weighted by molar-refractivity contribution is -0.131. The molecule has 3 aromatic rings. The van der Waals surface area contributed by atoms with Gasteiger partial charge in [-0.1, -0.05) is 35.9 Å². The molecule has 4 nitrogen and oxygen atoms in total. The van der Waals surface area contributed by atoms with Crippen molar-refractivity contribution in [3.8, 4) is 11.3 Å². The van der Waals surface area contributed by atoms with Gasteiger partial charge in [0.05, 0.1) is 17.8 Å². The number of hydrogen-bond donors (Lipinski definition) is 0. The van der Waals surface area contributed by atoms with Crippen LogP contribution in [0.3, 0.4) is 0 Å². The van der Waals surface area contributed by atoms with Crippen LogP contribution in [0.4, 0.5) is 4.39 Å². The Bertz CT molecular complexity index is 941. The predicted octanol–water partition coefficient (Wildman–Crippen LogP) is 5.29. The summed E-state index contributed by atoms with van der Waals surface area (Å²) in [6.07, 6.45) is 2.08. The Morgan fingerprint density at radius 1 is 1.26 bits per heavy atom. The van der Waals surface area contributed by atoms with Crippen molar-refractivity contribution in [2.75, 3.05) is 7.05 Å². The molecule has 0 bridgehead atoms. The first-order valence-corrected chi connectivity index (χ1v) is 9.04. The molecule has 1 unspecified atom stereocenters. The van der Waals surface area contributed by atoms with E-state index in [1.165, 1.54) is 12.3 Å². The molecule has 0 aliphatic heterocycles. The number of aromatic nitrogens is 1. The standard InChI is InChI=1S/C21H20ClFN2O2/c1-14(15-6-5-7-16(22)12-15)25(2)21(26)11-10-20-24-13-19(27-20)17-8-3-4-9-18(17)23/h3-9,12-14H,10-11H2,1-2H3. The van der Waals surface area contributed by atoms with E-state index < -0.39 is 0 Å². The maximum atomic E-state index is 13.8. The molecule has 1 atom stereocenters. The van der Waals surface area contributed by atoms with Crippen LogP contribution in [0.15, 0.2) is 59.1 Å². The van der Waals surface area contributed by atoms with Crippen LogP contribution in [-0.2, 0) is 11.2 Å². The second kappa shape index (κ2) is 8.35. The Hall–Kier alpha value is -2.66. The van der Waals surface area contributed by atoms with E-state index in [0.29, 0.717) is 28.7 Å². The van der Waals surface area contributed by atoms with Gasteiger partial charge in [0.15, 0.2) is 11.7 Å². The number of halogens is 2. The van der Waals surface area contributed by atoms with Crippen molar-refractivity contribution in [3.63, 3.8) is 0 Å². The van der Waals surface area contributed by atoms with E-state index in [0.717, 1.165) is 5.56 Å². The van der Waals surface area contributed by atoms with Crippen molar-refractivity contribution in [3.05, 3.63) is 77.0 Å². The van der Waals surface area contributed by atoms with Gasteiger partial charge in [-0.05, 0) is 36.8 Å². The minimum atomic E-state index is -0.369. The molecular formula is C21H20ClFN2O2. The molecule has 0 N–H and O–H groups in total. The third kappa shape index (κ3) is 4.55. The quantitative estimate of drug-likeness (QED) is 0.578. The van der Waals surface area contributed by atoms with Gasteiger partial charge in [0.2, 0.25) is 5.91 Å². The van der Waals surface area contributed by atoms with Gasteiger partial charge in [-0.15, -0.1) is 0 Å². The topological polar surface area (TPSA) is 46.3 Å². The van der Waals surface area contributed by atoms with Crippen molar-refractivity contribution in [2.24, 2.45) is 0 Å². The van der Waals surface area contributed by atoms with Crippen LogP contribution >= 0.6 is 11.6 Å². The highest BCUT2D eigenvalue weighted by molar-refractivity contribution is 6.30. The summed E-state index contributed by atoms with van der Waals surface area (Å²) in [6, 6.07) is 13.7. The van der Waals surface area contributed by atoms with Crippen molar-refractivity contribution in [1.29, 1.82) is 0 Å². The molecule has 6 heteroatoms. The van der Waals surface area contributed by atoms with Gasteiger partial charge >= 0.3 is 0 Å². The largest absolute Gasteiger partial charge is 0.441 e. The lowest BCUT2D eigenvalue weighted by atomic mass is 10.1. The molecule has 0 aliphatic rings. The lowest BCUT2D eigenvalue weighted by Gasteiger charge is -2.25. The van der Waals surface area contributed by atoms with E-state index in [1.54, 1.807) is 36.2 Å². The van der Waals surface area contributed by atoms with E-state index in [1.807, 2.05) is 25.1 Å². The first kappa shape index (κ1) is 19.1. The highest BCUT2D eigenvalue weighted by atomic mass is 35.5. The van der Waals surface area contributed by atoms with Crippen molar-refractivity contribution < 1.29 is 13.6 Å². The summed E-state index contributed by atoms with van der Waals surface area (Å²) < 4.78 is 19.4. The van der Waals surface area contributed by atoms with Gasteiger partial charge in [0, 0.05) is 24.9 Å². The molecule has 1 amide bonds. The summed E-state index contributed by atoms with van der Waals surface area (Å²) >= 11 is 6.03. The molecule has 0 spiro atoms. The van der Waals surface area contributed by atoms with Crippen molar-refractivity contribution in [1.82, 2.24) is 9.88 Å². The number of carbonyl (C=O) groups is 1. The van der Waals surface area contributed by atoms with Crippen LogP contribution in [0.1, 0.15) is 30.8 Å². The summed E-state index contributed by atoms with van der Waals surface area (Å²) in [7, 11) is 1.76. The summed E-state index contributed by atoms with van der Waals surface area (Å²) in [5.74, 6) is 0.362. The van der Waals surface area contributed by atoms with Gasteiger partial charge in [0.25, 0.3) is 0 Å². The molecule has 27 heavy (non-hydrogen) atoms. The number of amides is 1. The lowest BCUT2D eigenvalue weighted by Crippen LogP contribution is -2.29. The summed E-state index contributed by atoms with van der Waals surface area (Å²) in [6.45, 7) is 1.95. The number of aryl methyl sites for hydroxylation is 1. The smallest absolute Gasteiger partial charge is 0.223 e. The van der Waals surface area contributed by atoms with Crippen LogP contribution in [0, 0.1) is 5.82 Å². The zero-order valence-electron chi connectivity index (χ0n) is 15.2. The van der Waals surface area contributed by atoms with E-state index in [4.69, 9.17) is 16.0 Å². The van der Waals surface area contributed by atoms with Crippen LogP contribution in [0.25, 0.3) is 11.3 Å². The first-order chi connectivity index (χ1) is 13.0. The monoisotopic (exact) mass is 386 g/mol. The second-order valence-electron chi connectivity index (χ2n) is 6.33. The van der Waals surface area contributed by atoms with E-state index >= 15 is 0 Å². The molecule has 0 fully saturated rings. The zero-order chi connectivity index (χ0) is 19.4. The summed E-state index contributed by atoms with van der Waals surface area (Å²) in [5, 5.41) is 0.639. The Kier molecular flexibility index (Phi) is 5.91. The van der Waals surface area contributed by atoms with Crippen molar-refractivity contribution in [2.45, 2.75) is 25.8 Å². The van der Waals surface area contributed by atoms with Crippen LogP contribution in [0.5, 0.6) is 0 Å². The fourth-order valence-corrected chi connectivity index (χ4v) is 3.01. The number of benzene rings is 2. The fourth-order valence-electron chi connectivity index (χ4n) is 2.81. The van der Waals surface area contributed by atoms with Gasteiger partial charge in [0.1, 0.15) is 5.82 Å². The molecule has 3 rings (SSSR count). The maximum absolute atomic E-state index is 13.8. The van der Waals surface area contributed by atoms with Gasteiger partial charge < -0.3 is 9.32 Å². The molecule has 0 saturated carbocycles. The van der Waals surface area contributed by atoms with Gasteiger partial charge in [-0.25, -0.2) is 9.37 Å². The molecule has 0 saturated heterocycles. The minimum Gasteiger partial charge on any atom is -0.441 e. The number of carbonyl (C=O) groups excluding carboxylic acids is 1. The molecular weight excluding hydrogens is 367 g/mol. The highest BCUT2D eigenvalue weighted by Gasteiger charge is 2.19. The SMILES string of the molecule is CC(c1cccc(Cl)c1)N(C)C(=O)CCc1ncc(-c2ccccc2F)o1. The average Bonchev–Trinajstić information content (AvgIpc) is 3.14. The fraction of sp³-hybridized carbons (Fsp3) is 0.238. The van der Waals surface area contributed by atoms with E-state index in [-0.39, 0.29) is 24.2 Å². The number of oxazole rings is 1. The molecule has 0 aliphatic carbocycles. The van der Waals surface area contributed by atoms with Crippen LogP contribution in [-0.4, -0.2) is 22.8 Å². The third-order valence-electron chi connectivity index (χ3n) is 4.55. The van der Waals surface area contributed by atoms with E-state index in [2.05, 4.69) is 4.98 Å². The highest BCUT2D eigenvalue weighted by Crippen LogP contribution is 2.25. The Morgan fingerprint density at radius 2 is 2.04 bits per heavy atom. The summed E-state index contributed by atoms with van der Waals surface area (Å²) in [4.78, 5) is 18.3. The Labute approximate surface area is 162 Å². The first-order valence-electron chi connectivity index (χ1n) is 8.66. The molecule has 0 radical (unpaired) electrons. The average molecular weight is 387 g/mol. The van der Waals surface area contributed by atoms with Gasteiger partial charge in [-0.2, -0.15) is 0 Å². The second-order valence-corrected chi connectivity index (χ2v) is 6.77. The number of hydrogen-bond acceptors (Lipinski definition) is 3. The Balaban J connectivity index is 1.61. The Morgan fingerprint density at radius 3 is 2.78 bits per heavy atom. The minimum absolute atomic E-state index is 0.0342. The zero-order valence-corrected chi connectivity index (χ0v) is 15.9. The van der Waals surface area contributed by atoms with Crippen LogP contribution in [0.2, 0.25) is 5.02 Å². The molecule has 1 heterocycles. The van der Waals surface area contributed by atoms with E-state index in [9.17, 15) is 9.18 Å². The number of rotatable bonds is 6.